The summed E-state index contributed by atoms with van der Waals surface area (Å²) in [5.41, 5.74) is 0. The van der Waals surface area contributed by atoms with Gasteiger partial charge in [0.2, 0.25) is 10.0 Å². The van der Waals surface area contributed by atoms with Crippen LogP contribution in [0.5, 0.6) is 0 Å². The van der Waals surface area contributed by atoms with Crippen molar-refractivity contribution in [3.8, 4) is 0 Å². The van der Waals surface area contributed by atoms with Crippen LogP contribution in [-0.2, 0) is 19.9 Å². The quantitative estimate of drug-likeness (QED) is 0.303. The fraction of sp³-hybridized carbons (Fsp3) is 0.933. The van der Waals surface area contributed by atoms with E-state index >= 15 is 0 Å². The van der Waals surface area contributed by atoms with E-state index in [1.807, 2.05) is 0 Å². The number of sulfonamides is 1. The molecule has 0 aromatic carbocycles. The molecule has 0 spiro atoms. The van der Waals surface area contributed by atoms with Gasteiger partial charge in [-0.1, -0.05) is 0 Å². The Kier molecular flexibility index (Phi) is 10.4. The molecule has 1 aliphatic rings. The molecule has 0 aliphatic carbocycles. The second kappa shape index (κ2) is 10.4. The van der Waals surface area contributed by atoms with Crippen molar-refractivity contribution < 1.29 is 16.8 Å². The van der Waals surface area contributed by atoms with Gasteiger partial charge in [0, 0.05) is 32.7 Å². The highest BCUT2D eigenvalue weighted by atomic mass is 127. The number of halogens is 1. The third-order valence-corrected chi connectivity index (χ3v) is 8.86. The number of hydrogen-bond acceptors (Lipinski definition) is 5. The molecule has 0 amide bonds. The zero-order valence-corrected chi connectivity index (χ0v) is 20.2. The van der Waals surface area contributed by atoms with Gasteiger partial charge in [-0.15, -0.1) is 24.0 Å². The summed E-state index contributed by atoms with van der Waals surface area (Å²) in [6.07, 6.45) is 1.39. The molecule has 0 aromatic heterocycles. The number of piperidine rings is 1. The third-order valence-electron chi connectivity index (χ3n) is 4.37. The first kappa shape index (κ1) is 25.9. The van der Waals surface area contributed by atoms with Crippen LogP contribution in [0.25, 0.3) is 0 Å². The molecule has 0 aromatic rings. The summed E-state index contributed by atoms with van der Waals surface area (Å²) >= 11 is 0. The molecule has 1 rings (SSSR count). The predicted octanol–water partition coefficient (Wildman–Crippen LogP) is 0.797. The van der Waals surface area contributed by atoms with Crippen LogP contribution in [0.3, 0.4) is 0 Å². The zero-order valence-electron chi connectivity index (χ0n) is 16.3. The van der Waals surface area contributed by atoms with Gasteiger partial charge in [-0.05, 0) is 40.5 Å². The van der Waals surface area contributed by atoms with Gasteiger partial charge in [0.05, 0.1) is 16.3 Å². The SMILES string of the molecule is CCS(=O)(=O)N1CCC(NC(=NC)NCCS(=O)(=O)C(C)(C)C)CC1.I. The Bertz CT molecular complexity index is 664. The lowest BCUT2D eigenvalue weighted by Crippen LogP contribution is -2.50. The normalized spacial score (nSPS) is 18.3. The molecule has 26 heavy (non-hydrogen) atoms. The topological polar surface area (TPSA) is 108 Å². The van der Waals surface area contributed by atoms with Gasteiger partial charge in [0.15, 0.2) is 15.8 Å². The van der Waals surface area contributed by atoms with Crippen LogP contribution in [-0.4, -0.2) is 76.1 Å². The molecule has 8 nitrogen and oxygen atoms in total. The zero-order chi connectivity index (χ0) is 19.3. The van der Waals surface area contributed by atoms with E-state index in [9.17, 15) is 16.8 Å². The van der Waals surface area contributed by atoms with Crippen LogP contribution >= 0.6 is 24.0 Å². The van der Waals surface area contributed by atoms with Crippen LogP contribution in [0.1, 0.15) is 40.5 Å². The first-order valence-corrected chi connectivity index (χ1v) is 11.9. The molecular weight excluding hydrogens is 491 g/mol. The smallest absolute Gasteiger partial charge is 0.213 e. The first-order chi connectivity index (χ1) is 11.4. The Labute approximate surface area is 175 Å². The number of nitrogens with one attached hydrogen (secondary N) is 2. The number of rotatable bonds is 6. The molecule has 0 unspecified atom stereocenters. The van der Waals surface area contributed by atoms with Gasteiger partial charge >= 0.3 is 0 Å². The summed E-state index contributed by atoms with van der Waals surface area (Å²) in [7, 11) is -4.68. The van der Waals surface area contributed by atoms with Gasteiger partial charge < -0.3 is 10.6 Å². The molecular formula is C15H33IN4O4S2. The van der Waals surface area contributed by atoms with E-state index in [-0.39, 0.29) is 48.1 Å². The van der Waals surface area contributed by atoms with Crippen LogP contribution in [0.2, 0.25) is 0 Å². The largest absolute Gasteiger partial charge is 0.355 e. The van der Waals surface area contributed by atoms with Gasteiger partial charge in [0.25, 0.3) is 0 Å². The molecule has 1 fully saturated rings. The second-order valence-electron chi connectivity index (χ2n) is 7.15. The molecule has 2 N–H and O–H groups in total. The number of aliphatic imine (C=N–C) groups is 1. The van der Waals surface area contributed by atoms with Gasteiger partial charge in [-0.3, -0.25) is 4.99 Å². The number of hydrogen-bond donors (Lipinski definition) is 2. The van der Waals surface area contributed by atoms with E-state index in [1.54, 1.807) is 34.7 Å². The highest BCUT2D eigenvalue weighted by molar-refractivity contribution is 14.0. The molecule has 0 radical (unpaired) electrons. The van der Waals surface area contributed by atoms with Crippen LogP contribution < -0.4 is 10.6 Å². The van der Waals surface area contributed by atoms with Crippen molar-refractivity contribution in [1.82, 2.24) is 14.9 Å². The highest BCUT2D eigenvalue weighted by Crippen LogP contribution is 2.16. The van der Waals surface area contributed by atoms with Crippen molar-refractivity contribution in [1.29, 1.82) is 0 Å². The van der Waals surface area contributed by atoms with Crippen LogP contribution in [0.4, 0.5) is 0 Å². The summed E-state index contributed by atoms with van der Waals surface area (Å²) in [4.78, 5) is 4.12. The average molecular weight is 524 g/mol. The molecule has 1 aliphatic heterocycles. The number of sulfone groups is 1. The lowest BCUT2D eigenvalue weighted by Gasteiger charge is -2.32. The van der Waals surface area contributed by atoms with E-state index < -0.39 is 24.6 Å². The molecule has 0 saturated carbocycles. The molecule has 1 saturated heterocycles. The fourth-order valence-corrected chi connectivity index (χ4v) is 4.57. The maximum Gasteiger partial charge on any atom is 0.213 e. The molecule has 1 heterocycles. The van der Waals surface area contributed by atoms with E-state index in [4.69, 9.17) is 0 Å². The van der Waals surface area contributed by atoms with Gasteiger partial charge in [-0.2, -0.15) is 0 Å². The van der Waals surface area contributed by atoms with E-state index in [0.717, 1.165) is 0 Å². The predicted molar refractivity (Wildman–Crippen MR) is 118 cm³/mol. The monoisotopic (exact) mass is 524 g/mol. The van der Waals surface area contributed by atoms with Gasteiger partial charge in [0.1, 0.15) is 0 Å². The fourth-order valence-electron chi connectivity index (χ4n) is 2.46. The number of guanidine groups is 1. The summed E-state index contributed by atoms with van der Waals surface area (Å²) in [5.74, 6) is 0.696. The van der Waals surface area contributed by atoms with E-state index in [0.29, 0.717) is 31.9 Å². The highest BCUT2D eigenvalue weighted by Gasteiger charge is 2.29. The average Bonchev–Trinajstić information content (AvgIpc) is 2.53. The Morgan fingerprint density at radius 3 is 2.12 bits per heavy atom. The Hall–Kier alpha value is -0.140. The standard InChI is InChI=1S/C15H32N4O4S2.HI/c1-6-25(22,23)19-10-7-13(8-11-19)18-14(16-5)17-9-12-24(20,21)15(2,3)4;/h13H,6-12H2,1-5H3,(H2,16,17,18);1H. The minimum atomic E-state index is -3.18. The minimum absolute atomic E-state index is 0. The van der Waals surface area contributed by atoms with Crippen molar-refractivity contribution in [2.75, 3.05) is 38.2 Å². The van der Waals surface area contributed by atoms with Crippen molar-refractivity contribution in [3.05, 3.63) is 0 Å². The van der Waals surface area contributed by atoms with Crippen molar-refractivity contribution >= 4 is 49.8 Å². The van der Waals surface area contributed by atoms with Crippen molar-refractivity contribution in [2.45, 2.75) is 51.3 Å². The van der Waals surface area contributed by atoms with E-state index in [1.165, 1.54) is 4.31 Å². The van der Waals surface area contributed by atoms with E-state index in [2.05, 4.69) is 15.6 Å². The maximum absolute atomic E-state index is 12.1. The lowest BCUT2D eigenvalue weighted by molar-refractivity contribution is 0.306. The summed E-state index contributed by atoms with van der Waals surface area (Å²) in [6, 6.07) is 0.119. The second-order valence-corrected chi connectivity index (χ2v) is 12.3. The minimum Gasteiger partial charge on any atom is -0.355 e. The molecule has 0 atom stereocenters. The van der Waals surface area contributed by atoms with Crippen molar-refractivity contribution in [2.24, 2.45) is 4.99 Å². The van der Waals surface area contributed by atoms with Crippen molar-refractivity contribution in [3.63, 3.8) is 0 Å². The summed E-state index contributed by atoms with van der Waals surface area (Å²) in [6.45, 7) is 7.97. The van der Waals surface area contributed by atoms with Crippen LogP contribution in [0, 0.1) is 0 Å². The van der Waals surface area contributed by atoms with Gasteiger partial charge in [-0.25, -0.2) is 21.1 Å². The summed E-state index contributed by atoms with van der Waals surface area (Å²) in [5, 5.41) is 6.27. The third kappa shape index (κ3) is 7.47. The maximum atomic E-state index is 12.1. The molecule has 11 heteroatoms. The number of nitrogens with zero attached hydrogens (tertiary/aromatic N) is 2. The first-order valence-electron chi connectivity index (χ1n) is 8.60. The Morgan fingerprint density at radius 2 is 1.69 bits per heavy atom. The Morgan fingerprint density at radius 1 is 1.15 bits per heavy atom. The molecule has 0 bridgehead atoms. The Balaban J connectivity index is 0.00000625. The summed E-state index contributed by atoms with van der Waals surface area (Å²) < 4.78 is 48.7. The molecule has 156 valence electrons. The lowest BCUT2D eigenvalue weighted by atomic mass is 10.1. The van der Waals surface area contributed by atoms with Crippen LogP contribution in [0.15, 0.2) is 4.99 Å².